The number of hydrogen-bond donors (Lipinski definition) is 0. The molecule has 92 valence electrons. The highest BCUT2D eigenvalue weighted by atomic mass is 16.5. The van der Waals surface area contributed by atoms with Crippen molar-refractivity contribution in [2.45, 2.75) is 31.7 Å². The first-order valence-electron chi connectivity index (χ1n) is 6.18. The Bertz CT molecular complexity index is 234. The summed E-state index contributed by atoms with van der Waals surface area (Å²) in [5.74, 6) is 0.562. The van der Waals surface area contributed by atoms with Crippen LogP contribution >= 0.6 is 0 Å². The second kappa shape index (κ2) is 5.64. The summed E-state index contributed by atoms with van der Waals surface area (Å²) in [6.07, 6.45) is 4.26. The Balaban J connectivity index is 1.73. The number of rotatable bonds is 6. The van der Waals surface area contributed by atoms with Crippen molar-refractivity contribution < 1.29 is 14.3 Å². The molecular weight excluding hydrogens is 206 g/mol. The van der Waals surface area contributed by atoms with E-state index in [9.17, 15) is 4.79 Å². The van der Waals surface area contributed by atoms with Crippen molar-refractivity contribution in [3.05, 3.63) is 0 Å². The van der Waals surface area contributed by atoms with Crippen molar-refractivity contribution in [1.82, 2.24) is 4.90 Å². The van der Waals surface area contributed by atoms with E-state index in [4.69, 9.17) is 4.74 Å². The van der Waals surface area contributed by atoms with Crippen molar-refractivity contribution >= 4 is 5.97 Å². The van der Waals surface area contributed by atoms with Crippen molar-refractivity contribution in [3.63, 3.8) is 0 Å². The third-order valence-electron chi connectivity index (χ3n) is 3.41. The highest BCUT2D eigenvalue weighted by Crippen LogP contribution is 2.28. The minimum absolute atomic E-state index is 0.103. The molecule has 0 aromatic carbocycles. The molecule has 0 radical (unpaired) electrons. The molecule has 0 unspecified atom stereocenters. The van der Waals surface area contributed by atoms with E-state index in [1.165, 1.54) is 26.4 Å². The molecule has 0 aromatic heterocycles. The number of ether oxygens (including phenoxy) is 2. The van der Waals surface area contributed by atoms with Gasteiger partial charge in [0.05, 0.1) is 20.1 Å². The van der Waals surface area contributed by atoms with Crippen LogP contribution < -0.4 is 0 Å². The predicted octanol–water partition coefficient (Wildman–Crippen LogP) is 1.05. The Morgan fingerprint density at radius 3 is 2.81 bits per heavy atom. The molecule has 1 aliphatic heterocycles. The second-order valence-corrected chi connectivity index (χ2v) is 4.78. The predicted molar refractivity (Wildman–Crippen MR) is 60.2 cm³/mol. The van der Waals surface area contributed by atoms with E-state index in [1.54, 1.807) is 0 Å². The SMILES string of the molecule is COC(=O)CCN(C[C@@H]1CCOC1)C1CC1. The first-order chi connectivity index (χ1) is 7.79. The minimum atomic E-state index is -0.103. The van der Waals surface area contributed by atoms with Gasteiger partial charge in [-0.3, -0.25) is 9.69 Å². The van der Waals surface area contributed by atoms with Gasteiger partial charge in [-0.25, -0.2) is 0 Å². The fourth-order valence-electron chi connectivity index (χ4n) is 2.26. The van der Waals surface area contributed by atoms with Crippen molar-refractivity contribution in [3.8, 4) is 0 Å². The summed E-state index contributed by atoms with van der Waals surface area (Å²) >= 11 is 0. The van der Waals surface area contributed by atoms with Crippen LogP contribution in [0.4, 0.5) is 0 Å². The Morgan fingerprint density at radius 1 is 1.44 bits per heavy atom. The van der Waals surface area contributed by atoms with Gasteiger partial charge in [0.1, 0.15) is 0 Å². The fourth-order valence-corrected chi connectivity index (χ4v) is 2.26. The molecule has 0 aromatic rings. The van der Waals surface area contributed by atoms with Crippen LogP contribution in [0.2, 0.25) is 0 Å². The Labute approximate surface area is 96.9 Å². The monoisotopic (exact) mass is 227 g/mol. The van der Waals surface area contributed by atoms with Gasteiger partial charge < -0.3 is 9.47 Å². The van der Waals surface area contributed by atoms with E-state index in [2.05, 4.69) is 9.64 Å². The van der Waals surface area contributed by atoms with Gasteiger partial charge in [0, 0.05) is 25.7 Å². The van der Waals surface area contributed by atoms with Crippen LogP contribution in [0.3, 0.4) is 0 Å². The van der Waals surface area contributed by atoms with Crippen LogP contribution in [0.1, 0.15) is 25.7 Å². The summed E-state index contributed by atoms with van der Waals surface area (Å²) < 4.78 is 10.1. The van der Waals surface area contributed by atoms with Gasteiger partial charge in [-0.2, -0.15) is 0 Å². The molecular formula is C12H21NO3. The van der Waals surface area contributed by atoms with Gasteiger partial charge >= 0.3 is 5.97 Å². The number of nitrogens with zero attached hydrogens (tertiary/aromatic N) is 1. The molecule has 1 aliphatic carbocycles. The Morgan fingerprint density at radius 2 is 2.25 bits per heavy atom. The first-order valence-corrected chi connectivity index (χ1v) is 6.18. The van der Waals surface area contributed by atoms with E-state index < -0.39 is 0 Å². The molecule has 16 heavy (non-hydrogen) atoms. The molecule has 2 rings (SSSR count). The van der Waals surface area contributed by atoms with E-state index in [1.807, 2.05) is 0 Å². The zero-order valence-corrected chi connectivity index (χ0v) is 9.98. The van der Waals surface area contributed by atoms with Crippen LogP contribution in [0, 0.1) is 5.92 Å². The standard InChI is InChI=1S/C12H21NO3/c1-15-12(14)4-6-13(11-2-3-11)8-10-5-7-16-9-10/h10-11H,2-9H2,1H3/t10-/m0/s1. The van der Waals surface area contributed by atoms with Gasteiger partial charge in [-0.1, -0.05) is 0 Å². The maximum atomic E-state index is 11.1. The maximum Gasteiger partial charge on any atom is 0.306 e. The summed E-state index contributed by atoms with van der Waals surface area (Å²) in [6.45, 7) is 3.72. The quantitative estimate of drug-likeness (QED) is 0.636. The maximum absolute atomic E-state index is 11.1. The zero-order chi connectivity index (χ0) is 11.4. The van der Waals surface area contributed by atoms with Crippen LogP contribution in [-0.2, 0) is 14.3 Å². The average Bonchev–Trinajstić information content (AvgIpc) is 3.02. The Hall–Kier alpha value is -0.610. The Kier molecular flexibility index (Phi) is 4.18. The number of esters is 1. The lowest BCUT2D eigenvalue weighted by Crippen LogP contribution is -2.33. The summed E-state index contributed by atoms with van der Waals surface area (Å²) in [4.78, 5) is 13.6. The summed E-state index contributed by atoms with van der Waals surface area (Å²) in [7, 11) is 1.45. The molecule has 4 heteroatoms. The molecule has 1 saturated heterocycles. The van der Waals surface area contributed by atoms with E-state index >= 15 is 0 Å². The molecule has 0 bridgehead atoms. The van der Waals surface area contributed by atoms with Gasteiger partial charge in [0.2, 0.25) is 0 Å². The zero-order valence-electron chi connectivity index (χ0n) is 9.98. The van der Waals surface area contributed by atoms with Crippen LogP contribution in [0.25, 0.3) is 0 Å². The number of methoxy groups -OCH3 is 1. The summed E-state index contributed by atoms with van der Waals surface area (Å²) in [6, 6.07) is 0.713. The third-order valence-corrected chi connectivity index (χ3v) is 3.41. The third kappa shape index (κ3) is 3.46. The molecule has 2 fully saturated rings. The van der Waals surface area contributed by atoms with Gasteiger partial charge in [0.25, 0.3) is 0 Å². The lowest BCUT2D eigenvalue weighted by atomic mass is 10.1. The fraction of sp³-hybridized carbons (Fsp3) is 0.917. The molecule has 0 N–H and O–H groups in total. The van der Waals surface area contributed by atoms with E-state index in [0.29, 0.717) is 18.4 Å². The van der Waals surface area contributed by atoms with Crippen molar-refractivity contribution in [2.75, 3.05) is 33.4 Å². The number of carbonyl (C=O) groups is 1. The average molecular weight is 227 g/mol. The van der Waals surface area contributed by atoms with E-state index in [-0.39, 0.29) is 5.97 Å². The smallest absolute Gasteiger partial charge is 0.306 e. The van der Waals surface area contributed by atoms with E-state index in [0.717, 1.165) is 26.3 Å². The minimum Gasteiger partial charge on any atom is -0.469 e. The van der Waals surface area contributed by atoms with Crippen LogP contribution in [0.5, 0.6) is 0 Å². The normalized spacial score (nSPS) is 25.0. The molecule has 0 amide bonds. The first kappa shape index (κ1) is 11.9. The molecule has 1 saturated carbocycles. The summed E-state index contributed by atoms with van der Waals surface area (Å²) in [5.41, 5.74) is 0. The van der Waals surface area contributed by atoms with Gasteiger partial charge in [-0.15, -0.1) is 0 Å². The second-order valence-electron chi connectivity index (χ2n) is 4.78. The molecule has 1 atom stereocenters. The van der Waals surface area contributed by atoms with Crippen molar-refractivity contribution in [1.29, 1.82) is 0 Å². The van der Waals surface area contributed by atoms with Crippen LogP contribution in [-0.4, -0.2) is 50.3 Å². The van der Waals surface area contributed by atoms with Crippen molar-refractivity contribution in [2.24, 2.45) is 5.92 Å². The van der Waals surface area contributed by atoms with Gasteiger partial charge in [-0.05, 0) is 25.2 Å². The molecule has 0 spiro atoms. The molecule has 1 heterocycles. The summed E-state index contributed by atoms with van der Waals surface area (Å²) in [5, 5.41) is 0. The molecule has 2 aliphatic rings. The highest BCUT2D eigenvalue weighted by Gasteiger charge is 2.31. The van der Waals surface area contributed by atoms with Gasteiger partial charge in [0.15, 0.2) is 0 Å². The number of hydrogen-bond acceptors (Lipinski definition) is 4. The number of carbonyl (C=O) groups excluding carboxylic acids is 1. The van der Waals surface area contributed by atoms with Crippen LogP contribution in [0.15, 0.2) is 0 Å². The largest absolute Gasteiger partial charge is 0.469 e. The topological polar surface area (TPSA) is 38.8 Å². The lowest BCUT2D eigenvalue weighted by Gasteiger charge is -2.24. The highest BCUT2D eigenvalue weighted by molar-refractivity contribution is 5.69. The lowest BCUT2D eigenvalue weighted by molar-refractivity contribution is -0.141. The molecule has 4 nitrogen and oxygen atoms in total.